The van der Waals surface area contributed by atoms with Gasteiger partial charge in [-0.2, -0.15) is 11.8 Å². The van der Waals surface area contributed by atoms with Crippen LogP contribution in [0, 0.1) is 5.92 Å². The summed E-state index contributed by atoms with van der Waals surface area (Å²) < 4.78 is 4.87. The lowest BCUT2D eigenvalue weighted by Crippen LogP contribution is -2.48. The third-order valence-corrected chi connectivity index (χ3v) is 5.49. The molecule has 2 rings (SSSR count). The summed E-state index contributed by atoms with van der Waals surface area (Å²) in [6.07, 6.45) is 0.544. The molecule has 0 saturated carbocycles. The predicted octanol–water partition coefficient (Wildman–Crippen LogP) is -0.0115. The van der Waals surface area contributed by atoms with E-state index in [0.29, 0.717) is 13.0 Å². The van der Waals surface area contributed by atoms with Crippen molar-refractivity contribution < 1.29 is 14.3 Å². The normalized spacial score (nSPS) is 24.8. The Morgan fingerprint density at radius 1 is 1.18 bits per heavy atom. The number of amides is 1. The Labute approximate surface area is 137 Å². The average molecular weight is 329 g/mol. The number of ether oxygens (including phenoxy) is 1. The monoisotopic (exact) mass is 329 g/mol. The summed E-state index contributed by atoms with van der Waals surface area (Å²) in [4.78, 5) is 30.5. The highest BCUT2D eigenvalue weighted by molar-refractivity contribution is 7.99. The number of carbonyl (C=O) groups is 2. The van der Waals surface area contributed by atoms with E-state index in [4.69, 9.17) is 4.74 Å². The number of carbonyl (C=O) groups excluding carboxylic acids is 2. The van der Waals surface area contributed by atoms with Crippen molar-refractivity contribution in [3.63, 3.8) is 0 Å². The van der Waals surface area contributed by atoms with Crippen LogP contribution in [-0.4, -0.2) is 98.1 Å². The van der Waals surface area contributed by atoms with E-state index in [1.165, 1.54) is 7.11 Å². The Hall–Kier alpha value is -0.790. The molecule has 0 radical (unpaired) electrons. The molecule has 2 saturated heterocycles. The fourth-order valence-electron chi connectivity index (χ4n) is 2.85. The number of methoxy groups -OCH3 is 1. The quantitative estimate of drug-likeness (QED) is 0.676. The van der Waals surface area contributed by atoms with Gasteiger partial charge < -0.3 is 19.4 Å². The Morgan fingerprint density at radius 3 is 2.59 bits per heavy atom. The summed E-state index contributed by atoms with van der Waals surface area (Å²) in [5, 5.41) is 0. The fraction of sp³-hybridized carbons (Fsp3) is 0.867. The van der Waals surface area contributed by atoms with Crippen molar-refractivity contribution >= 4 is 23.6 Å². The highest BCUT2D eigenvalue weighted by Crippen LogP contribution is 2.17. The molecular formula is C15H27N3O3S. The lowest BCUT2D eigenvalue weighted by Gasteiger charge is -2.33. The first-order valence-electron chi connectivity index (χ1n) is 7.94. The van der Waals surface area contributed by atoms with Crippen molar-refractivity contribution in [2.24, 2.45) is 5.92 Å². The van der Waals surface area contributed by atoms with E-state index < -0.39 is 0 Å². The molecule has 2 heterocycles. The zero-order chi connectivity index (χ0) is 15.9. The molecule has 0 spiro atoms. The van der Waals surface area contributed by atoms with Crippen LogP contribution in [0.15, 0.2) is 0 Å². The summed E-state index contributed by atoms with van der Waals surface area (Å²) >= 11 is 1.79. The minimum Gasteiger partial charge on any atom is -0.469 e. The van der Waals surface area contributed by atoms with Gasteiger partial charge >= 0.3 is 5.97 Å². The van der Waals surface area contributed by atoms with E-state index in [1.807, 2.05) is 4.90 Å². The molecule has 22 heavy (non-hydrogen) atoms. The first-order valence-corrected chi connectivity index (χ1v) is 9.10. The predicted molar refractivity (Wildman–Crippen MR) is 88.0 cm³/mol. The molecule has 0 N–H and O–H groups in total. The maximum absolute atomic E-state index is 12.3. The zero-order valence-corrected chi connectivity index (χ0v) is 14.4. The molecule has 0 aromatic rings. The van der Waals surface area contributed by atoms with E-state index in [-0.39, 0.29) is 17.8 Å². The Balaban J connectivity index is 1.77. The van der Waals surface area contributed by atoms with Gasteiger partial charge in [0.15, 0.2) is 0 Å². The Morgan fingerprint density at radius 2 is 1.91 bits per heavy atom. The standard InChI is InChI=1S/C15H27N3O3S/c1-16-5-7-18(8-6-16)14(19)3-4-17-9-10-22-12-13(11-17)15(20)21-2/h13H,3-12H2,1-2H3. The molecule has 0 aromatic carbocycles. The van der Waals surface area contributed by atoms with E-state index in [9.17, 15) is 9.59 Å². The van der Waals surface area contributed by atoms with Gasteiger partial charge in [-0.1, -0.05) is 0 Å². The van der Waals surface area contributed by atoms with E-state index in [1.54, 1.807) is 11.8 Å². The second kappa shape index (κ2) is 8.74. The van der Waals surface area contributed by atoms with Gasteiger partial charge in [-0.05, 0) is 7.05 Å². The molecule has 0 aliphatic carbocycles. The highest BCUT2D eigenvalue weighted by atomic mass is 32.2. The number of piperazine rings is 1. The number of likely N-dealkylation sites (N-methyl/N-ethyl adjacent to an activating group) is 1. The van der Waals surface area contributed by atoms with E-state index >= 15 is 0 Å². The molecule has 0 aromatic heterocycles. The molecule has 1 amide bonds. The maximum Gasteiger partial charge on any atom is 0.310 e. The summed E-state index contributed by atoms with van der Waals surface area (Å²) in [7, 11) is 3.53. The van der Waals surface area contributed by atoms with Crippen LogP contribution in [0.3, 0.4) is 0 Å². The van der Waals surface area contributed by atoms with Gasteiger partial charge in [0.2, 0.25) is 5.91 Å². The molecule has 0 bridgehead atoms. The molecule has 7 heteroatoms. The van der Waals surface area contributed by atoms with Crippen molar-refractivity contribution in [3.8, 4) is 0 Å². The van der Waals surface area contributed by atoms with Gasteiger partial charge in [-0.3, -0.25) is 9.59 Å². The lowest BCUT2D eigenvalue weighted by atomic mass is 10.1. The number of esters is 1. The van der Waals surface area contributed by atoms with Gasteiger partial charge in [0.1, 0.15) is 0 Å². The highest BCUT2D eigenvalue weighted by Gasteiger charge is 2.26. The van der Waals surface area contributed by atoms with Crippen LogP contribution < -0.4 is 0 Å². The summed E-state index contributed by atoms with van der Waals surface area (Å²) in [5.74, 6) is 1.85. The average Bonchev–Trinajstić information content (AvgIpc) is 2.78. The van der Waals surface area contributed by atoms with Crippen molar-refractivity contribution in [1.29, 1.82) is 0 Å². The van der Waals surface area contributed by atoms with E-state index in [2.05, 4.69) is 16.8 Å². The molecule has 6 nitrogen and oxygen atoms in total. The van der Waals surface area contributed by atoms with Crippen molar-refractivity contribution in [2.75, 3.05) is 71.5 Å². The topological polar surface area (TPSA) is 53.1 Å². The van der Waals surface area contributed by atoms with E-state index in [0.717, 1.165) is 50.8 Å². The maximum atomic E-state index is 12.3. The summed E-state index contributed by atoms with van der Waals surface area (Å²) in [6.45, 7) is 5.95. The molecule has 2 fully saturated rings. The number of thioether (sulfide) groups is 1. The molecule has 1 unspecified atom stereocenters. The van der Waals surface area contributed by atoms with Crippen LogP contribution in [0.25, 0.3) is 0 Å². The van der Waals surface area contributed by atoms with Gasteiger partial charge in [0, 0.05) is 63.7 Å². The minimum absolute atomic E-state index is 0.0729. The van der Waals surface area contributed by atoms with Gasteiger partial charge in [-0.25, -0.2) is 0 Å². The van der Waals surface area contributed by atoms with Crippen molar-refractivity contribution in [2.45, 2.75) is 6.42 Å². The largest absolute Gasteiger partial charge is 0.469 e. The first-order chi connectivity index (χ1) is 10.6. The van der Waals surface area contributed by atoms with Crippen LogP contribution in [0.1, 0.15) is 6.42 Å². The third-order valence-electron chi connectivity index (χ3n) is 4.38. The second-order valence-corrected chi connectivity index (χ2v) is 7.18. The number of rotatable bonds is 4. The minimum atomic E-state index is -0.134. The Bertz CT molecular complexity index is 386. The molecular weight excluding hydrogens is 302 g/mol. The Kier molecular flexibility index (Phi) is 6.98. The lowest BCUT2D eigenvalue weighted by molar-refractivity contribution is -0.145. The molecule has 126 valence electrons. The second-order valence-electron chi connectivity index (χ2n) is 6.03. The molecule has 1 atom stereocenters. The first kappa shape index (κ1) is 17.6. The zero-order valence-electron chi connectivity index (χ0n) is 13.6. The van der Waals surface area contributed by atoms with Crippen LogP contribution in [0.5, 0.6) is 0 Å². The van der Waals surface area contributed by atoms with Crippen LogP contribution in [0.2, 0.25) is 0 Å². The van der Waals surface area contributed by atoms with Crippen LogP contribution in [-0.2, 0) is 14.3 Å². The van der Waals surface area contributed by atoms with Gasteiger partial charge in [0.05, 0.1) is 13.0 Å². The van der Waals surface area contributed by atoms with Crippen molar-refractivity contribution in [1.82, 2.24) is 14.7 Å². The number of nitrogens with zero attached hydrogens (tertiary/aromatic N) is 3. The fourth-order valence-corrected chi connectivity index (χ4v) is 3.93. The number of hydrogen-bond acceptors (Lipinski definition) is 6. The van der Waals surface area contributed by atoms with Gasteiger partial charge in [-0.15, -0.1) is 0 Å². The van der Waals surface area contributed by atoms with Crippen LogP contribution >= 0.6 is 11.8 Å². The van der Waals surface area contributed by atoms with Gasteiger partial charge in [0.25, 0.3) is 0 Å². The SMILES string of the molecule is COC(=O)C1CSCCN(CCC(=O)N2CCN(C)CC2)C1. The molecule has 2 aliphatic rings. The smallest absolute Gasteiger partial charge is 0.310 e. The van der Waals surface area contributed by atoms with Crippen molar-refractivity contribution in [3.05, 3.63) is 0 Å². The number of hydrogen-bond donors (Lipinski definition) is 0. The summed E-state index contributed by atoms with van der Waals surface area (Å²) in [6, 6.07) is 0. The summed E-state index contributed by atoms with van der Waals surface area (Å²) in [5.41, 5.74) is 0. The van der Waals surface area contributed by atoms with Crippen LogP contribution in [0.4, 0.5) is 0 Å². The third kappa shape index (κ3) is 5.14. The molecule has 2 aliphatic heterocycles.